The van der Waals surface area contributed by atoms with Crippen LogP contribution >= 0.6 is 0 Å². The second-order valence-electron chi connectivity index (χ2n) is 2.01. The van der Waals surface area contributed by atoms with Crippen LogP contribution in [0, 0.1) is 0 Å². The Labute approximate surface area is 63.4 Å². The van der Waals surface area contributed by atoms with E-state index in [1.807, 2.05) is 30.3 Å². The van der Waals surface area contributed by atoms with Crippen molar-refractivity contribution in [1.29, 1.82) is 0 Å². The molecule has 0 aliphatic carbocycles. The number of rotatable bonds is 2. The number of benzene rings is 1. The molecular formula is C7H9NOS. The third-order valence-corrected chi connectivity index (χ3v) is 1.77. The SMILES string of the molecule is N[S+]([O-])Cc1ccccc1. The quantitative estimate of drug-likeness (QED) is 0.642. The van der Waals surface area contributed by atoms with Crippen LogP contribution in [-0.2, 0) is 17.1 Å². The molecule has 3 heteroatoms. The van der Waals surface area contributed by atoms with E-state index in [4.69, 9.17) is 5.14 Å². The minimum Gasteiger partial charge on any atom is -0.598 e. The molecule has 10 heavy (non-hydrogen) atoms. The Kier molecular flexibility index (Phi) is 2.74. The highest BCUT2D eigenvalue weighted by atomic mass is 32.2. The highest BCUT2D eigenvalue weighted by Gasteiger charge is 1.98. The fourth-order valence-electron chi connectivity index (χ4n) is 0.739. The van der Waals surface area contributed by atoms with Gasteiger partial charge in [0.25, 0.3) is 0 Å². The van der Waals surface area contributed by atoms with Crippen molar-refractivity contribution in [2.75, 3.05) is 0 Å². The summed E-state index contributed by atoms with van der Waals surface area (Å²) in [4.78, 5) is 0. The normalized spacial score (nSPS) is 13.0. The van der Waals surface area contributed by atoms with E-state index in [1.54, 1.807) is 0 Å². The molecule has 0 aliphatic rings. The number of nitrogens with two attached hydrogens (primary N) is 1. The van der Waals surface area contributed by atoms with Crippen molar-refractivity contribution in [2.45, 2.75) is 5.75 Å². The van der Waals surface area contributed by atoms with Gasteiger partial charge in [0, 0.05) is 16.9 Å². The molecule has 0 fully saturated rings. The monoisotopic (exact) mass is 155 g/mol. The molecule has 1 aromatic rings. The lowest BCUT2D eigenvalue weighted by molar-refractivity contribution is 0.596. The van der Waals surface area contributed by atoms with Gasteiger partial charge in [0.1, 0.15) is 5.75 Å². The van der Waals surface area contributed by atoms with E-state index < -0.39 is 11.4 Å². The lowest BCUT2D eigenvalue weighted by atomic mass is 10.2. The Hall–Kier alpha value is -0.510. The van der Waals surface area contributed by atoms with Crippen LogP contribution in [0.5, 0.6) is 0 Å². The van der Waals surface area contributed by atoms with Gasteiger partial charge in [0.2, 0.25) is 0 Å². The molecule has 0 amide bonds. The van der Waals surface area contributed by atoms with Crippen LogP contribution in [0.3, 0.4) is 0 Å². The molecule has 1 unspecified atom stereocenters. The van der Waals surface area contributed by atoms with Gasteiger partial charge >= 0.3 is 0 Å². The zero-order valence-electron chi connectivity index (χ0n) is 5.49. The van der Waals surface area contributed by atoms with E-state index in [0.717, 1.165) is 5.56 Å². The molecule has 0 bridgehead atoms. The van der Waals surface area contributed by atoms with E-state index in [-0.39, 0.29) is 0 Å². The van der Waals surface area contributed by atoms with Crippen molar-refractivity contribution in [3.8, 4) is 0 Å². The van der Waals surface area contributed by atoms with Crippen molar-refractivity contribution >= 4 is 11.4 Å². The van der Waals surface area contributed by atoms with Gasteiger partial charge in [-0.1, -0.05) is 30.3 Å². The summed E-state index contributed by atoms with van der Waals surface area (Å²) in [5.41, 5.74) is 1.02. The first-order valence-electron chi connectivity index (χ1n) is 2.96. The maximum atomic E-state index is 10.5. The minimum absolute atomic E-state index is 0.445. The summed E-state index contributed by atoms with van der Waals surface area (Å²) >= 11 is -1.22. The van der Waals surface area contributed by atoms with E-state index in [1.165, 1.54) is 0 Å². The second kappa shape index (κ2) is 3.61. The molecule has 0 radical (unpaired) electrons. The van der Waals surface area contributed by atoms with Crippen LogP contribution in [-0.4, -0.2) is 4.55 Å². The van der Waals surface area contributed by atoms with Crippen LogP contribution in [0.25, 0.3) is 0 Å². The fourth-order valence-corrected chi connectivity index (χ4v) is 1.26. The molecule has 0 spiro atoms. The minimum atomic E-state index is -1.22. The molecule has 0 saturated heterocycles. The Balaban J connectivity index is 2.59. The van der Waals surface area contributed by atoms with Crippen LogP contribution in [0.4, 0.5) is 0 Å². The summed E-state index contributed by atoms with van der Waals surface area (Å²) in [5.74, 6) is 0.445. The first kappa shape index (κ1) is 7.60. The van der Waals surface area contributed by atoms with Gasteiger partial charge in [-0.25, -0.2) is 0 Å². The smallest absolute Gasteiger partial charge is 0.150 e. The predicted molar refractivity (Wildman–Crippen MR) is 42.5 cm³/mol. The van der Waals surface area contributed by atoms with Crippen LogP contribution in [0.2, 0.25) is 0 Å². The molecule has 1 rings (SSSR count). The predicted octanol–water partition coefficient (Wildman–Crippen LogP) is 0.809. The fraction of sp³-hybridized carbons (Fsp3) is 0.143. The van der Waals surface area contributed by atoms with Gasteiger partial charge < -0.3 is 4.55 Å². The Morgan fingerprint density at radius 3 is 2.40 bits per heavy atom. The molecule has 1 aromatic carbocycles. The molecule has 54 valence electrons. The Morgan fingerprint density at radius 1 is 1.30 bits per heavy atom. The summed E-state index contributed by atoms with van der Waals surface area (Å²) in [6.07, 6.45) is 0. The topological polar surface area (TPSA) is 49.1 Å². The Morgan fingerprint density at radius 2 is 1.90 bits per heavy atom. The lowest BCUT2D eigenvalue weighted by Crippen LogP contribution is -2.14. The maximum absolute atomic E-state index is 10.5. The van der Waals surface area contributed by atoms with Crippen molar-refractivity contribution in [2.24, 2.45) is 5.14 Å². The number of hydrogen-bond acceptors (Lipinski definition) is 2. The van der Waals surface area contributed by atoms with Gasteiger partial charge in [-0.2, -0.15) is 5.14 Å². The molecular weight excluding hydrogens is 146 g/mol. The van der Waals surface area contributed by atoms with Crippen molar-refractivity contribution < 1.29 is 4.55 Å². The van der Waals surface area contributed by atoms with Gasteiger partial charge in [-0.05, 0) is 0 Å². The third kappa shape index (κ3) is 2.39. The van der Waals surface area contributed by atoms with E-state index in [2.05, 4.69) is 0 Å². The Bertz CT molecular complexity index is 188. The first-order chi connectivity index (χ1) is 4.79. The zero-order valence-corrected chi connectivity index (χ0v) is 6.30. The van der Waals surface area contributed by atoms with Crippen molar-refractivity contribution in [3.63, 3.8) is 0 Å². The highest BCUT2D eigenvalue weighted by Crippen LogP contribution is 2.01. The van der Waals surface area contributed by atoms with Crippen molar-refractivity contribution in [1.82, 2.24) is 0 Å². The summed E-state index contributed by atoms with van der Waals surface area (Å²) < 4.78 is 10.5. The van der Waals surface area contributed by atoms with E-state index in [0.29, 0.717) is 5.75 Å². The maximum Gasteiger partial charge on any atom is 0.150 e. The van der Waals surface area contributed by atoms with E-state index in [9.17, 15) is 4.55 Å². The first-order valence-corrected chi connectivity index (χ1v) is 4.34. The molecule has 0 saturated carbocycles. The van der Waals surface area contributed by atoms with E-state index >= 15 is 0 Å². The van der Waals surface area contributed by atoms with Gasteiger partial charge in [0.05, 0.1) is 0 Å². The molecule has 0 aromatic heterocycles. The van der Waals surface area contributed by atoms with Gasteiger partial charge in [-0.3, -0.25) is 0 Å². The van der Waals surface area contributed by atoms with Crippen molar-refractivity contribution in [3.05, 3.63) is 35.9 Å². The summed E-state index contributed by atoms with van der Waals surface area (Å²) in [6.45, 7) is 0. The lowest BCUT2D eigenvalue weighted by Gasteiger charge is -2.01. The largest absolute Gasteiger partial charge is 0.598 e. The molecule has 0 heterocycles. The second-order valence-corrected chi connectivity index (χ2v) is 3.06. The van der Waals surface area contributed by atoms with Crippen LogP contribution < -0.4 is 5.14 Å². The number of hydrogen-bond donors (Lipinski definition) is 1. The summed E-state index contributed by atoms with van der Waals surface area (Å²) in [6, 6.07) is 9.54. The molecule has 1 atom stereocenters. The zero-order chi connectivity index (χ0) is 7.40. The van der Waals surface area contributed by atoms with Gasteiger partial charge in [0.15, 0.2) is 0 Å². The third-order valence-electron chi connectivity index (χ3n) is 1.15. The van der Waals surface area contributed by atoms with Gasteiger partial charge in [-0.15, -0.1) is 0 Å². The average Bonchev–Trinajstić information content (AvgIpc) is 1.88. The summed E-state index contributed by atoms with van der Waals surface area (Å²) in [5, 5.41) is 5.10. The van der Waals surface area contributed by atoms with Crippen LogP contribution in [0.1, 0.15) is 5.56 Å². The molecule has 2 nitrogen and oxygen atoms in total. The van der Waals surface area contributed by atoms with Crippen LogP contribution in [0.15, 0.2) is 30.3 Å². The summed E-state index contributed by atoms with van der Waals surface area (Å²) in [7, 11) is 0. The average molecular weight is 155 g/mol. The highest BCUT2D eigenvalue weighted by molar-refractivity contribution is 7.88. The molecule has 2 N–H and O–H groups in total. The molecule has 0 aliphatic heterocycles. The standard InChI is InChI=1S/C7H9NOS/c8-10(9)6-7-4-2-1-3-5-7/h1-5H,6,8H2.